The molecule has 126 valence electrons. The van der Waals surface area contributed by atoms with Crippen molar-refractivity contribution in [3.8, 4) is 0 Å². The van der Waals surface area contributed by atoms with Gasteiger partial charge in [-0.25, -0.2) is 9.50 Å². The number of aliphatic hydroxyl groups is 1. The van der Waals surface area contributed by atoms with Gasteiger partial charge in [-0.15, -0.1) is 4.52 Å². The molecule has 0 spiro atoms. The summed E-state index contributed by atoms with van der Waals surface area (Å²) in [5.41, 5.74) is 1.50. The summed E-state index contributed by atoms with van der Waals surface area (Å²) in [6, 6.07) is 3.66. The molecule has 11 heteroatoms. The molecule has 2 aromatic rings. The molecule has 2 aromatic heterocycles. The zero-order chi connectivity index (χ0) is 16.4. The number of ether oxygens (including phenoxy) is 1. The van der Waals surface area contributed by atoms with Gasteiger partial charge < -0.3 is 15.2 Å². The lowest BCUT2D eigenvalue weighted by atomic mass is 10.1. The molecule has 1 saturated heterocycles. The van der Waals surface area contributed by atoms with Crippen molar-refractivity contribution in [2.75, 3.05) is 18.7 Å². The van der Waals surface area contributed by atoms with Crippen LogP contribution in [0.5, 0.6) is 0 Å². The maximum absolute atomic E-state index is 9.16. The summed E-state index contributed by atoms with van der Waals surface area (Å²) in [6.07, 6.45) is 2.61. The highest BCUT2D eigenvalue weighted by Gasteiger charge is 2.33. The van der Waals surface area contributed by atoms with Gasteiger partial charge in [-0.05, 0) is 25.0 Å². The van der Waals surface area contributed by atoms with Crippen LogP contribution in [0.2, 0.25) is 0 Å². The minimum Gasteiger partial charge on any atom is -0.394 e. The van der Waals surface area contributed by atoms with Crippen LogP contribution in [0.15, 0.2) is 18.5 Å². The van der Waals surface area contributed by atoms with E-state index in [9.17, 15) is 0 Å². The first-order valence-corrected chi connectivity index (χ1v) is 8.59. The second-order valence-corrected chi connectivity index (χ2v) is 6.42. The second-order valence-electron chi connectivity index (χ2n) is 5.13. The number of anilines is 1. The van der Waals surface area contributed by atoms with Gasteiger partial charge in [0.05, 0.1) is 18.4 Å². The predicted octanol–water partition coefficient (Wildman–Crippen LogP) is -0.0178. The summed E-state index contributed by atoms with van der Waals surface area (Å²) >= 11 is 0. The molecule has 1 aliphatic heterocycles. The zero-order valence-electron chi connectivity index (χ0n) is 12.1. The lowest BCUT2D eigenvalue weighted by Gasteiger charge is -2.12. The van der Waals surface area contributed by atoms with Crippen molar-refractivity contribution in [2.24, 2.45) is 0 Å². The number of nitrogens with one attached hydrogen (secondary N) is 1. The lowest BCUT2D eigenvalue weighted by Crippen LogP contribution is -2.13. The van der Waals surface area contributed by atoms with Gasteiger partial charge in [-0.1, -0.05) is 0 Å². The lowest BCUT2D eigenvalue weighted by molar-refractivity contribution is 0.00856. The number of hydrogen-bond donors (Lipinski definition) is 5. The average Bonchev–Trinajstić information content (AvgIpc) is 3.12. The highest BCUT2D eigenvalue weighted by Crippen LogP contribution is 2.45. The molecule has 0 aromatic carbocycles. The SMILES string of the molecule is OCC1CCC(c2ccc3c(NCO[P+](O)(O)O)ncnn23)O1. The zero-order valence-corrected chi connectivity index (χ0v) is 13.0. The topological polar surface area (TPSA) is 142 Å². The van der Waals surface area contributed by atoms with Crippen molar-refractivity contribution in [2.45, 2.75) is 25.0 Å². The molecule has 0 bridgehead atoms. The summed E-state index contributed by atoms with van der Waals surface area (Å²) in [4.78, 5) is 30.4. The van der Waals surface area contributed by atoms with Crippen LogP contribution in [0.4, 0.5) is 5.82 Å². The Kier molecular flexibility index (Phi) is 4.74. The fourth-order valence-corrected chi connectivity index (χ4v) is 2.82. The Hall–Kier alpha value is -1.39. The predicted molar refractivity (Wildman–Crippen MR) is 80.1 cm³/mol. The second kappa shape index (κ2) is 6.62. The van der Waals surface area contributed by atoms with E-state index in [0.717, 1.165) is 18.5 Å². The first kappa shape index (κ1) is 16.5. The smallest absolute Gasteiger partial charge is 0.394 e. The fraction of sp³-hybridized carbons (Fsp3) is 0.500. The van der Waals surface area contributed by atoms with Crippen molar-refractivity contribution in [1.29, 1.82) is 0 Å². The molecule has 3 heterocycles. The van der Waals surface area contributed by atoms with E-state index in [1.54, 1.807) is 10.6 Å². The molecule has 0 saturated carbocycles. The summed E-state index contributed by atoms with van der Waals surface area (Å²) in [5.74, 6) is 0.413. The van der Waals surface area contributed by atoms with Crippen LogP contribution in [0.3, 0.4) is 0 Å². The maximum Gasteiger partial charge on any atom is 0.569 e. The van der Waals surface area contributed by atoms with E-state index in [1.165, 1.54) is 6.33 Å². The normalized spacial score (nSPS) is 21.9. The fourth-order valence-electron chi connectivity index (χ4n) is 2.58. The molecule has 23 heavy (non-hydrogen) atoms. The Morgan fingerprint density at radius 1 is 1.35 bits per heavy atom. The van der Waals surface area contributed by atoms with E-state index in [1.807, 2.05) is 6.07 Å². The first-order chi connectivity index (χ1) is 11.0. The molecule has 0 aliphatic carbocycles. The molecule has 2 unspecified atom stereocenters. The third kappa shape index (κ3) is 3.75. The maximum atomic E-state index is 9.16. The average molecular weight is 345 g/mol. The Morgan fingerprint density at radius 3 is 2.87 bits per heavy atom. The van der Waals surface area contributed by atoms with Crippen molar-refractivity contribution in [1.82, 2.24) is 14.6 Å². The molecule has 3 rings (SSSR count). The van der Waals surface area contributed by atoms with Gasteiger partial charge in [0.15, 0.2) is 12.5 Å². The van der Waals surface area contributed by atoms with Crippen LogP contribution in [0.1, 0.15) is 24.6 Å². The quantitative estimate of drug-likeness (QED) is 0.361. The third-order valence-electron chi connectivity index (χ3n) is 3.60. The Labute approximate surface area is 132 Å². The summed E-state index contributed by atoms with van der Waals surface area (Å²) in [7, 11) is -4.29. The molecular formula is C12H18N4O6P+. The summed E-state index contributed by atoms with van der Waals surface area (Å²) in [6.45, 7) is -0.329. The van der Waals surface area contributed by atoms with Gasteiger partial charge >= 0.3 is 8.17 Å². The minimum absolute atomic E-state index is 0.00667. The van der Waals surface area contributed by atoms with Crippen LogP contribution in [-0.2, 0) is 9.26 Å². The molecule has 1 aliphatic rings. The van der Waals surface area contributed by atoms with Crippen LogP contribution in [0, 0.1) is 0 Å². The molecule has 1 fully saturated rings. The highest BCUT2D eigenvalue weighted by molar-refractivity contribution is 7.53. The van der Waals surface area contributed by atoms with E-state index in [-0.39, 0.29) is 25.5 Å². The monoisotopic (exact) mass is 345 g/mol. The number of aromatic nitrogens is 3. The number of fused-ring (bicyclic) bond motifs is 1. The number of hydrogen-bond acceptors (Lipinski definition) is 9. The van der Waals surface area contributed by atoms with Gasteiger partial charge in [0.2, 0.25) is 0 Å². The Balaban J connectivity index is 1.78. The molecule has 0 amide bonds. The third-order valence-corrected chi connectivity index (χ3v) is 4.08. The molecule has 5 N–H and O–H groups in total. The standard InChI is InChI=1S/C12H18N4O6P/c17-5-8-1-4-11(22-8)9-2-3-10-12(13-6-15-16(9)10)14-7-21-23(18,19)20/h2-3,6,8,11,17-20H,1,4-5,7H2,(H,13,14,15)/q+1. The van der Waals surface area contributed by atoms with Crippen molar-refractivity contribution >= 4 is 19.5 Å². The minimum atomic E-state index is -4.29. The van der Waals surface area contributed by atoms with Crippen LogP contribution >= 0.6 is 8.17 Å². The van der Waals surface area contributed by atoms with Gasteiger partial charge in [-0.3, -0.25) is 0 Å². The van der Waals surface area contributed by atoms with Crippen LogP contribution in [-0.4, -0.2) is 53.8 Å². The van der Waals surface area contributed by atoms with Crippen LogP contribution < -0.4 is 5.32 Å². The molecule has 10 nitrogen and oxygen atoms in total. The van der Waals surface area contributed by atoms with E-state index in [2.05, 4.69) is 19.9 Å². The number of nitrogens with zero attached hydrogens (tertiary/aromatic N) is 3. The largest absolute Gasteiger partial charge is 0.569 e. The van der Waals surface area contributed by atoms with Crippen LogP contribution in [0.25, 0.3) is 5.52 Å². The molecular weight excluding hydrogens is 327 g/mol. The first-order valence-electron chi connectivity index (χ1n) is 7.02. The van der Waals surface area contributed by atoms with Gasteiger partial charge in [-0.2, -0.15) is 19.8 Å². The van der Waals surface area contributed by atoms with Gasteiger partial charge in [0.25, 0.3) is 0 Å². The number of rotatable bonds is 6. The molecule has 0 radical (unpaired) electrons. The van der Waals surface area contributed by atoms with E-state index < -0.39 is 8.17 Å². The van der Waals surface area contributed by atoms with E-state index in [4.69, 9.17) is 24.5 Å². The summed E-state index contributed by atoms with van der Waals surface area (Å²) < 4.78 is 11.9. The summed E-state index contributed by atoms with van der Waals surface area (Å²) in [5, 5.41) is 16.1. The van der Waals surface area contributed by atoms with Crippen molar-refractivity contribution in [3.05, 3.63) is 24.2 Å². The van der Waals surface area contributed by atoms with Crippen molar-refractivity contribution < 1.29 is 29.0 Å². The van der Waals surface area contributed by atoms with Gasteiger partial charge in [0, 0.05) is 0 Å². The highest BCUT2D eigenvalue weighted by atomic mass is 31.2. The van der Waals surface area contributed by atoms with Gasteiger partial charge in [0.1, 0.15) is 17.9 Å². The molecule has 2 atom stereocenters. The van der Waals surface area contributed by atoms with E-state index >= 15 is 0 Å². The Bertz CT molecular complexity index is 675. The Morgan fingerprint density at radius 2 is 2.17 bits per heavy atom. The van der Waals surface area contributed by atoms with Crippen molar-refractivity contribution in [3.63, 3.8) is 0 Å². The number of aliphatic hydroxyl groups excluding tert-OH is 1. The van der Waals surface area contributed by atoms with E-state index in [0.29, 0.717) is 11.3 Å².